The van der Waals surface area contributed by atoms with Crippen molar-refractivity contribution in [1.29, 1.82) is 0 Å². The molecule has 2 heterocycles. The van der Waals surface area contributed by atoms with Crippen molar-refractivity contribution in [2.75, 3.05) is 5.75 Å². The van der Waals surface area contributed by atoms with Crippen molar-refractivity contribution in [2.24, 2.45) is 10.2 Å². The standard InChI is InChI=1S/C9H9N3OS/c13-12-9-11-8(6-14-9)5-7-1-3-10-4-2-7/h1-4,8H,5-6H2/t8-/m1/s1. The highest BCUT2D eigenvalue weighted by atomic mass is 32.2. The Hall–Kier alpha value is -1.23. The highest BCUT2D eigenvalue weighted by Gasteiger charge is 2.18. The van der Waals surface area contributed by atoms with E-state index >= 15 is 0 Å². The van der Waals surface area contributed by atoms with E-state index in [-0.39, 0.29) is 6.04 Å². The molecule has 1 aliphatic rings. The average Bonchev–Trinajstić information content (AvgIpc) is 2.67. The van der Waals surface area contributed by atoms with E-state index in [2.05, 4.69) is 15.2 Å². The largest absolute Gasteiger partial charge is 0.265 e. The van der Waals surface area contributed by atoms with Gasteiger partial charge in [0.25, 0.3) is 0 Å². The van der Waals surface area contributed by atoms with Crippen LogP contribution in [0.5, 0.6) is 0 Å². The molecule has 0 saturated carbocycles. The van der Waals surface area contributed by atoms with E-state index in [0.717, 1.165) is 12.2 Å². The van der Waals surface area contributed by atoms with Crippen molar-refractivity contribution in [3.8, 4) is 0 Å². The minimum Gasteiger partial charge on any atom is -0.265 e. The van der Waals surface area contributed by atoms with Gasteiger partial charge in [-0.3, -0.25) is 9.98 Å². The van der Waals surface area contributed by atoms with Crippen LogP contribution >= 0.6 is 11.8 Å². The quantitative estimate of drug-likeness (QED) is 0.695. The van der Waals surface area contributed by atoms with Gasteiger partial charge in [-0.05, 0) is 29.3 Å². The minimum absolute atomic E-state index is 0.190. The third-order valence-corrected chi connectivity index (χ3v) is 2.99. The summed E-state index contributed by atoms with van der Waals surface area (Å²) in [6, 6.07) is 4.12. The number of nitroso groups, excluding NO2 is 1. The van der Waals surface area contributed by atoms with Crippen LogP contribution in [0.2, 0.25) is 0 Å². The van der Waals surface area contributed by atoms with Gasteiger partial charge in [0.05, 0.1) is 6.04 Å². The van der Waals surface area contributed by atoms with Crippen LogP contribution < -0.4 is 0 Å². The number of hydrogen-bond acceptors (Lipinski definition) is 5. The van der Waals surface area contributed by atoms with Gasteiger partial charge in [0.1, 0.15) is 0 Å². The summed E-state index contributed by atoms with van der Waals surface area (Å²) in [6.07, 6.45) is 4.38. The maximum Gasteiger partial charge on any atom is 0.227 e. The summed E-state index contributed by atoms with van der Waals surface area (Å²) in [4.78, 5) is 18.3. The number of rotatable bonds is 2. The Labute approximate surface area is 85.8 Å². The number of pyridine rings is 1. The molecule has 0 aromatic carbocycles. The van der Waals surface area contributed by atoms with E-state index in [9.17, 15) is 4.91 Å². The number of aromatic nitrogens is 1. The Balaban J connectivity index is 2.00. The van der Waals surface area contributed by atoms with Gasteiger partial charge < -0.3 is 0 Å². The fraction of sp³-hybridized carbons (Fsp3) is 0.333. The number of amidine groups is 1. The first-order chi connectivity index (χ1) is 6.88. The lowest BCUT2D eigenvalue weighted by molar-refractivity contribution is 0.761. The van der Waals surface area contributed by atoms with Crippen molar-refractivity contribution in [3.05, 3.63) is 35.0 Å². The van der Waals surface area contributed by atoms with Gasteiger partial charge >= 0.3 is 0 Å². The number of hydrogen-bond donors (Lipinski definition) is 0. The Morgan fingerprint density at radius 2 is 2.29 bits per heavy atom. The first-order valence-corrected chi connectivity index (χ1v) is 5.30. The van der Waals surface area contributed by atoms with Gasteiger partial charge in [-0.2, -0.15) is 0 Å². The molecule has 0 N–H and O–H groups in total. The van der Waals surface area contributed by atoms with Gasteiger partial charge in [-0.25, -0.2) is 0 Å². The molecule has 1 aromatic rings. The molecule has 2 rings (SSSR count). The molecule has 1 aliphatic heterocycles. The first kappa shape index (κ1) is 9.33. The molecule has 1 atom stereocenters. The summed E-state index contributed by atoms with van der Waals surface area (Å²) >= 11 is 1.42. The Morgan fingerprint density at radius 3 is 2.93 bits per heavy atom. The fourth-order valence-corrected chi connectivity index (χ4v) is 2.16. The third kappa shape index (κ3) is 2.17. The molecule has 0 unspecified atom stereocenters. The molecule has 0 amide bonds. The molecular formula is C9H9N3OS. The average molecular weight is 207 g/mol. The lowest BCUT2D eigenvalue weighted by Gasteiger charge is -2.04. The Bertz CT molecular complexity index is 352. The van der Waals surface area contributed by atoms with Gasteiger partial charge in [0.15, 0.2) is 0 Å². The molecule has 14 heavy (non-hydrogen) atoms. The topological polar surface area (TPSA) is 54.7 Å². The van der Waals surface area contributed by atoms with Gasteiger partial charge in [0.2, 0.25) is 5.17 Å². The van der Waals surface area contributed by atoms with Crippen LogP contribution in [0.25, 0.3) is 0 Å². The van der Waals surface area contributed by atoms with Crippen molar-refractivity contribution in [2.45, 2.75) is 12.5 Å². The summed E-state index contributed by atoms with van der Waals surface area (Å²) in [5.74, 6) is 0.851. The molecule has 0 spiro atoms. The van der Waals surface area contributed by atoms with Crippen LogP contribution in [0.3, 0.4) is 0 Å². The molecule has 0 saturated heterocycles. The summed E-state index contributed by atoms with van der Waals surface area (Å²) in [5.41, 5.74) is 1.20. The maximum absolute atomic E-state index is 10.2. The fourth-order valence-electron chi connectivity index (χ4n) is 1.35. The first-order valence-electron chi connectivity index (χ1n) is 4.31. The molecule has 0 radical (unpaired) electrons. The van der Waals surface area contributed by atoms with Crippen molar-refractivity contribution in [1.82, 2.24) is 4.98 Å². The third-order valence-electron chi connectivity index (χ3n) is 2.00. The van der Waals surface area contributed by atoms with Gasteiger partial charge in [-0.15, -0.1) is 4.91 Å². The lowest BCUT2D eigenvalue weighted by atomic mass is 10.1. The zero-order valence-electron chi connectivity index (χ0n) is 7.46. The second-order valence-corrected chi connectivity index (χ2v) is 4.01. The molecule has 5 heteroatoms. The monoisotopic (exact) mass is 207 g/mol. The van der Waals surface area contributed by atoms with Crippen molar-refractivity contribution < 1.29 is 0 Å². The SMILES string of the molecule is O=NC1=N[C@H](Cc2ccncc2)CS1. The molecule has 0 bridgehead atoms. The maximum atomic E-state index is 10.2. The van der Waals surface area contributed by atoms with Crippen LogP contribution in [0.1, 0.15) is 5.56 Å². The highest BCUT2D eigenvalue weighted by Crippen LogP contribution is 2.21. The zero-order valence-corrected chi connectivity index (χ0v) is 8.28. The number of thioether (sulfide) groups is 1. The van der Waals surface area contributed by atoms with E-state index < -0.39 is 0 Å². The number of aliphatic imine (C=N–C) groups is 1. The molecule has 4 nitrogen and oxygen atoms in total. The van der Waals surface area contributed by atoms with Crippen LogP contribution in [-0.2, 0) is 6.42 Å². The predicted molar refractivity (Wildman–Crippen MR) is 57.4 cm³/mol. The van der Waals surface area contributed by atoms with Crippen LogP contribution in [0, 0.1) is 4.91 Å². The van der Waals surface area contributed by atoms with E-state index in [1.54, 1.807) is 12.4 Å². The zero-order chi connectivity index (χ0) is 9.80. The van der Waals surface area contributed by atoms with Crippen LogP contribution in [-0.4, -0.2) is 21.9 Å². The number of nitrogens with zero attached hydrogens (tertiary/aromatic N) is 3. The summed E-state index contributed by atoms with van der Waals surface area (Å²) in [6.45, 7) is 0. The normalized spacial score (nSPS) is 20.6. The second kappa shape index (κ2) is 4.32. The van der Waals surface area contributed by atoms with Crippen LogP contribution in [0.4, 0.5) is 0 Å². The van der Waals surface area contributed by atoms with Crippen molar-refractivity contribution >= 4 is 16.9 Å². The van der Waals surface area contributed by atoms with E-state index in [4.69, 9.17) is 0 Å². The van der Waals surface area contributed by atoms with Gasteiger partial charge in [0, 0.05) is 18.1 Å². The Morgan fingerprint density at radius 1 is 1.50 bits per heavy atom. The van der Waals surface area contributed by atoms with Gasteiger partial charge in [-0.1, -0.05) is 11.8 Å². The van der Waals surface area contributed by atoms with Crippen molar-refractivity contribution in [3.63, 3.8) is 0 Å². The molecule has 0 fully saturated rings. The van der Waals surface area contributed by atoms with E-state index in [1.807, 2.05) is 12.1 Å². The van der Waals surface area contributed by atoms with E-state index in [1.165, 1.54) is 17.3 Å². The molecule has 0 aliphatic carbocycles. The summed E-state index contributed by atoms with van der Waals surface area (Å²) in [7, 11) is 0. The summed E-state index contributed by atoms with van der Waals surface area (Å²) in [5, 5.41) is 3.21. The van der Waals surface area contributed by atoms with E-state index in [0.29, 0.717) is 5.17 Å². The second-order valence-electron chi connectivity index (χ2n) is 3.03. The smallest absolute Gasteiger partial charge is 0.227 e. The highest BCUT2D eigenvalue weighted by molar-refractivity contribution is 8.14. The lowest BCUT2D eigenvalue weighted by Crippen LogP contribution is -2.07. The minimum atomic E-state index is 0.190. The molecule has 1 aromatic heterocycles. The molecular weight excluding hydrogens is 198 g/mol. The van der Waals surface area contributed by atoms with Crippen LogP contribution in [0.15, 0.2) is 34.7 Å². The molecule has 72 valence electrons. The predicted octanol–water partition coefficient (Wildman–Crippen LogP) is 1.86. The Kier molecular flexibility index (Phi) is 2.88. The summed E-state index contributed by atoms with van der Waals surface area (Å²) < 4.78 is 0.